The largest absolute Gasteiger partial charge is 0.370 e. The van der Waals surface area contributed by atoms with E-state index in [4.69, 9.17) is 5.73 Å². The van der Waals surface area contributed by atoms with Crippen LogP contribution in [0.1, 0.15) is 38.5 Å². The Hall–Kier alpha value is -1.26. The number of hydrogen-bond donors (Lipinski definition) is 2. The van der Waals surface area contributed by atoms with Gasteiger partial charge in [0.05, 0.1) is 6.54 Å². The average Bonchev–Trinajstić information content (AvgIpc) is 3.14. The van der Waals surface area contributed by atoms with Crippen LogP contribution in [0, 0.1) is 0 Å². The number of likely N-dealkylation sites (tertiary alicyclic amines) is 1. The Morgan fingerprint density at radius 3 is 2.65 bits per heavy atom. The fourth-order valence-electron chi connectivity index (χ4n) is 2.06. The van der Waals surface area contributed by atoms with Crippen molar-refractivity contribution in [1.29, 1.82) is 0 Å². The van der Waals surface area contributed by atoms with E-state index in [1.54, 1.807) is 0 Å². The first kappa shape index (κ1) is 12.2. The fourth-order valence-corrected chi connectivity index (χ4v) is 2.06. The molecule has 5 heteroatoms. The second kappa shape index (κ2) is 5.89. The number of piperidine rings is 1. The highest BCUT2D eigenvalue weighted by atomic mass is 16.2. The monoisotopic (exact) mass is 238 g/mol. The number of nitrogens with zero attached hydrogens (tertiary/aromatic N) is 2. The molecule has 1 heterocycles. The molecule has 2 fully saturated rings. The van der Waals surface area contributed by atoms with Gasteiger partial charge >= 0.3 is 0 Å². The molecule has 0 bridgehead atoms. The second-order valence-electron chi connectivity index (χ2n) is 4.88. The molecule has 0 radical (unpaired) electrons. The van der Waals surface area contributed by atoms with Crippen LogP contribution in [0.5, 0.6) is 0 Å². The van der Waals surface area contributed by atoms with Crippen molar-refractivity contribution in [2.75, 3.05) is 19.6 Å². The normalized spacial score (nSPS) is 21.4. The van der Waals surface area contributed by atoms with E-state index in [-0.39, 0.29) is 5.91 Å². The molecule has 0 unspecified atom stereocenters. The van der Waals surface area contributed by atoms with E-state index < -0.39 is 0 Å². The second-order valence-corrected chi connectivity index (χ2v) is 4.88. The third kappa shape index (κ3) is 4.24. The van der Waals surface area contributed by atoms with Crippen LogP contribution in [0.25, 0.3) is 0 Å². The van der Waals surface area contributed by atoms with E-state index in [2.05, 4.69) is 10.3 Å². The van der Waals surface area contributed by atoms with Crippen molar-refractivity contribution in [2.24, 2.45) is 10.7 Å². The predicted octanol–water partition coefficient (Wildman–Crippen LogP) is 0.456. The van der Waals surface area contributed by atoms with Crippen LogP contribution in [0.15, 0.2) is 4.99 Å². The van der Waals surface area contributed by atoms with Gasteiger partial charge < -0.3 is 16.0 Å². The van der Waals surface area contributed by atoms with Gasteiger partial charge in [-0.15, -0.1) is 0 Å². The Balaban J connectivity index is 1.64. The lowest BCUT2D eigenvalue weighted by Crippen LogP contribution is -2.36. The van der Waals surface area contributed by atoms with Crippen LogP contribution in [-0.2, 0) is 4.79 Å². The summed E-state index contributed by atoms with van der Waals surface area (Å²) in [6.07, 6.45) is 6.37. The van der Waals surface area contributed by atoms with E-state index in [0.29, 0.717) is 25.0 Å². The van der Waals surface area contributed by atoms with Gasteiger partial charge in [-0.1, -0.05) is 0 Å². The minimum absolute atomic E-state index is 0.215. The molecular weight excluding hydrogens is 216 g/mol. The van der Waals surface area contributed by atoms with Crippen molar-refractivity contribution < 1.29 is 4.79 Å². The number of rotatable bonds is 4. The van der Waals surface area contributed by atoms with Crippen molar-refractivity contribution in [1.82, 2.24) is 10.2 Å². The van der Waals surface area contributed by atoms with Gasteiger partial charge in [0.25, 0.3) is 0 Å². The summed E-state index contributed by atoms with van der Waals surface area (Å²) in [5.41, 5.74) is 5.69. The SMILES string of the molecule is NC(=NCCC(=O)N1CCCCC1)NC1CC1. The molecule has 0 aromatic carbocycles. The molecule has 1 aliphatic carbocycles. The zero-order chi connectivity index (χ0) is 12.1. The number of nitrogens with one attached hydrogen (secondary N) is 1. The highest BCUT2D eigenvalue weighted by molar-refractivity contribution is 5.80. The molecule has 17 heavy (non-hydrogen) atoms. The predicted molar refractivity (Wildman–Crippen MR) is 67.7 cm³/mol. The summed E-state index contributed by atoms with van der Waals surface area (Å²) in [7, 11) is 0. The van der Waals surface area contributed by atoms with Crippen LogP contribution in [0.4, 0.5) is 0 Å². The molecule has 2 aliphatic rings. The Labute approximate surface area is 102 Å². The van der Waals surface area contributed by atoms with Crippen molar-refractivity contribution in [2.45, 2.75) is 44.6 Å². The van der Waals surface area contributed by atoms with Gasteiger partial charge in [0.2, 0.25) is 5.91 Å². The fraction of sp³-hybridized carbons (Fsp3) is 0.833. The number of guanidine groups is 1. The molecule has 0 aromatic heterocycles. The van der Waals surface area contributed by atoms with Gasteiger partial charge in [-0.3, -0.25) is 9.79 Å². The number of nitrogens with two attached hydrogens (primary N) is 1. The maximum absolute atomic E-state index is 11.8. The molecule has 3 N–H and O–H groups in total. The lowest BCUT2D eigenvalue weighted by Gasteiger charge is -2.26. The number of hydrogen-bond acceptors (Lipinski definition) is 2. The van der Waals surface area contributed by atoms with Crippen molar-refractivity contribution in [3.8, 4) is 0 Å². The molecule has 0 spiro atoms. The lowest BCUT2D eigenvalue weighted by atomic mass is 10.1. The first-order chi connectivity index (χ1) is 8.25. The summed E-state index contributed by atoms with van der Waals surface area (Å²) >= 11 is 0. The van der Waals surface area contributed by atoms with Gasteiger partial charge in [-0.25, -0.2) is 0 Å². The molecule has 2 rings (SSSR count). The summed E-state index contributed by atoms with van der Waals surface area (Å²) in [6.45, 7) is 2.33. The molecule has 96 valence electrons. The van der Waals surface area contributed by atoms with Crippen LogP contribution < -0.4 is 11.1 Å². The van der Waals surface area contributed by atoms with Gasteiger partial charge in [0.15, 0.2) is 5.96 Å². The van der Waals surface area contributed by atoms with Crippen molar-refractivity contribution in [3.05, 3.63) is 0 Å². The number of aliphatic imine (C=N–C) groups is 1. The molecular formula is C12H22N4O. The molecule has 0 aromatic rings. The zero-order valence-electron chi connectivity index (χ0n) is 10.3. The van der Waals surface area contributed by atoms with E-state index in [1.807, 2.05) is 4.90 Å². The Morgan fingerprint density at radius 2 is 2.00 bits per heavy atom. The molecule has 0 atom stereocenters. The first-order valence-corrected chi connectivity index (χ1v) is 6.60. The summed E-state index contributed by atoms with van der Waals surface area (Å²) in [5.74, 6) is 0.701. The maximum Gasteiger partial charge on any atom is 0.224 e. The van der Waals surface area contributed by atoms with Crippen molar-refractivity contribution in [3.63, 3.8) is 0 Å². The molecule has 1 saturated heterocycles. The minimum atomic E-state index is 0.215. The number of amides is 1. The highest BCUT2D eigenvalue weighted by Gasteiger charge is 2.21. The zero-order valence-corrected chi connectivity index (χ0v) is 10.3. The summed E-state index contributed by atoms with van der Waals surface area (Å²) in [4.78, 5) is 17.9. The molecule has 1 aliphatic heterocycles. The number of carbonyl (C=O) groups is 1. The Bertz CT molecular complexity index is 293. The number of carbonyl (C=O) groups excluding carboxylic acids is 1. The highest BCUT2D eigenvalue weighted by Crippen LogP contribution is 2.18. The standard InChI is InChI=1S/C12H22N4O/c13-12(15-10-4-5-10)14-7-6-11(17)16-8-2-1-3-9-16/h10H,1-9H2,(H3,13,14,15). The third-order valence-electron chi connectivity index (χ3n) is 3.25. The maximum atomic E-state index is 11.8. The Morgan fingerprint density at radius 1 is 1.29 bits per heavy atom. The lowest BCUT2D eigenvalue weighted by molar-refractivity contribution is -0.131. The van der Waals surface area contributed by atoms with Gasteiger partial charge in [-0.05, 0) is 32.1 Å². The van der Waals surface area contributed by atoms with E-state index in [1.165, 1.54) is 19.3 Å². The topological polar surface area (TPSA) is 70.7 Å². The third-order valence-corrected chi connectivity index (χ3v) is 3.25. The first-order valence-electron chi connectivity index (χ1n) is 6.60. The van der Waals surface area contributed by atoms with Crippen molar-refractivity contribution >= 4 is 11.9 Å². The summed E-state index contributed by atoms with van der Waals surface area (Å²) in [6, 6.07) is 0.525. The molecule has 1 amide bonds. The van der Waals surface area contributed by atoms with E-state index in [9.17, 15) is 4.79 Å². The van der Waals surface area contributed by atoms with Crippen LogP contribution >= 0.6 is 0 Å². The summed E-state index contributed by atoms with van der Waals surface area (Å²) < 4.78 is 0. The van der Waals surface area contributed by atoms with E-state index >= 15 is 0 Å². The van der Waals surface area contributed by atoms with Crippen LogP contribution in [0.3, 0.4) is 0 Å². The van der Waals surface area contributed by atoms with Gasteiger partial charge in [0.1, 0.15) is 0 Å². The van der Waals surface area contributed by atoms with Gasteiger partial charge in [0, 0.05) is 25.6 Å². The van der Waals surface area contributed by atoms with Crippen LogP contribution in [0.2, 0.25) is 0 Å². The van der Waals surface area contributed by atoms with Crippen LogP contribution in [-0.4, -0.2) is 42.4 Å². The quantitative estimate of drug-likeness (QED) is 0.552. The smallest absolute Gasteiger partial charge is 0.224 e. The summed E-state index contributed by atoms with van der Waals surface area (Å²) in [5, 5.41) is 3.11. The van der Waals surface area contributed by atoms with Gasteiger partial charge in [-0.2, -0.15) is 0 Å². The minimum Gasteiger partial charge on any atom is -0.370 e. The average molecular weight is 238 g/mol. The Kier molecular flexibility index (Phi) is 4.23. The molecule has 5 nitrogen and oxygen atoms in total. The molecule has 1 saturated carbocycles. The van der Waals surface area contributed by atoms with E-state index in [0.717, 1.165) is 25.9 Å².